The van der Waals surface area contributed by atoms with Gasteiger partial charge in [0.1, 0.15) is 0 Å². The molecule has 33 heavy (non-hydrogen) atoms. The van der Waals surface area contributed by atoms with Crippen molar-refractivity contribution in [2.45, 2.75) is 68.2 Å². The summed E-state index contributed by atoms with van der Waals surface area (Å²) in [5.41, 5.74) is 6.71. The zero-order chi connectivity index (χ0) is 26.0. The van der Waals surface area contributed by atoms with Gasteiger partial charge in [-0.05, 0) is 63.2 Å². The molecule has 0 unspecified atom stereocenters. The Kier molecular flexibility index (Phi) is 11.9. The first-order valence-corrected chi connectivity index (χ1v) is 11.6. The predicted molar refractivity (Wildman–Crippen MR) is 146 cm³/mol. The van der Waals surface area contributed by atoms with Crippen molar-refractivity contribution in [2.24, 2.45) is 15.8 Å². The van der Waals surface area contributed by atoms with E-state index in [-0.39, 0.29) is 5.41 Å². The number of hydrogen-bond donors (Lipinski definition) is 1. The molecule has 0 aliphatic heterocycles. The first-order chi connectivity index (χ1) is 15.1. The molecule has 1 N–H and O–H groups in total. The van der Waals surface area contributed by atoms with Crippen LogP contribution in [0, 0.1) is 22.2 Å². The summed E-state index contributed by atoms with van der Waals surface area (Å²) in [5.74, 6) is 0. The van der Waals surface area contributed by atoms with Gasteiger partial charge in [0.25, 0.3) is 0 Å². The van der Waals surface area contributed by atoms with Gasteiger partial charge in [-0.1, -0.05) is 64.7 Å². The molecule has 4 nitrogen and oxygen atoms in total. The number of nitrogens with one attached hydrogen (secondary N) is 1. The summed E-state index contributed by atoms with van der Waals surface area (Å²) in [5, 5.41) is 13.0. The third-order valence-electron chi connectivity index (χ3n) is 5.48. The number of nitrogens with zero attached hydrogens (tertiary/aromatic N) is 3. The number of hydrogen-bond acceptors (Lipinski definition) is 4. The monoisotopic (exact) mass is 450 g/mol. The fourth-order valence-electron chi connectivity index (χ4n) is 3.41. The molecule has 0 bridgehead atoms. The number of aliphatic imine (C=N–C) groups is 1. The molecule has 0 atom stereocenters. The average Bonchev–Trinajstić information content (AvgIpc) is 2.71. The van der Waals surface area contributed by atoms with Crippen molar-refractivity contribution >= 4 is 5.71 Å². The maximum atomic E-state index is 9.60. The zero-order valence-corrected chi connectivity index (χ0v) is 22.8. The van der Waals surface area contributed by atoms with Gasteiger partial charge in [0.05, 0.1) is 22.9 Å². The Morgan fingerprint density at radius 3 is 2.09 bits per heavy atom. The minimum absolute atomic E-state index is 0.217. The van der Waals surface area contributed by atoms with Crippen molar-refractivity contribution < 1.29 is 0 Å². The highest BCUT2D eigenvalue weighted by Crippen LogP contribution is 2.29. The second-order valence-electron chi connectivity index (χ2n) is 10.5. The lowest BCUT2D eigenvalue weighted by Crippen LogP contribution is -2.27. The van der Waals surface area contributed by atoms with E-state index in [4.69, 9.17) is 0 Å². The molecule has 0 aromatic carbocycles. The van der Waals surface area contributed by atoms with Crippen molar-refractivity contribution in [3.63, 3.8) is 0 Å². The van der Waals surface area contributed by atoms with Crippen molar-refractivity contribution in [3.8, 4) is 6.07 Å². The van der Waals surface area contributed by atoms with Gasteiger partial charge in [-0.25, -0.2) is 0 Å². The maximum Gasteiger partial charge on any atom is 0.0914 e. The summed E-state index contributed by atoms with van der Waals surface area (Å²) in [6, 6.07) is 2.36. The lowest BCUT2D eigenvalue weighted by molar-refractivity contribution is 0.394. The highest BCUT2D eigenvalue weighted by atomic mass is 15.1. The van der Waals surface area contributed by atoms with Gasteiger partial charge in [0, 0.05) is 32.5 Å². The van der Waals surface area contributed by atoms with Crippen LogP contribution in [-0.2, 0) is 0 Å². The molecule has 0 amide bonds. The molecule has 0 radical (unpaired) electrons. The lowest BCUT2D eigenvalue weighted by Gasteiger charge is -2.27. The Hall–Kier alpha value is -2.80. The molecule has 0 saturated heterocycles. The van der Waals surface area contributed by atoms with E-state index in [9.17, 15) is 5.26 Å². The van der Waals surface area contributed by atoms with Gasteiger partial charge in [0.15, 0.2) is 0 Å². The summed E-state index contributed by atoms with van der Waals surface area (Å²) < 4.78 is 0. The molecule has 0 aromatic heterocycles. The maximum absolute atomic E-state index is 9.60. The molecule has 0 fully saturated rings. The SMILES string of the molecule is C=CN=C(/C=C(\N(C)C)C(C)(C)C#N)C(=C)NC/C(=C/C(C)=C(\C)C(=C)CC(C)(C)C)CC. The van der Waals surface area contributed by atoms with E-state index < -0.39 is 5.41 Å². The highest BCUT2D eigenvalue weighted by Gasteiger charge is 2.25. The normalized spacial score (nSPS) is 14.3. The van der Waals surface area contributed by atoms with Gasteiger partial charge in [-0.15, -0.1) is 0 Å². The number of rotatable bonds is 12. The van der Waals surface area contributed by atoms with Crippen LogP contribution in [0.2, 0.25) is 0 Å². The Labute approximate surface area is 203 Å². The standard InChI is InChI=1S/C29H46N4/c1-14-25(16-21(3)23(5)22(4)18-28(7,8)9)19-32-24(6)26(31-15-2)17-27(33(12)13)29(10,11)20-30/h15-17,32H,2,4,6,14,18-19H2,1,3,5,7-13H3/b23-21+,25-16+,27-17-,31-26?. The van der Waals surface area contributed by atoms with E-state index in [0.717, 1.165) is 18.5 Å². The minimum Gasteiger partial charge on any atom is -0.380 e. The first kappa shape index (κ1) is 30.2. The summed E-state index contributed by atoms with van der Waals surface area (Å²) in [6.45, 7) is 29.8. The lowest BCUT2D eigenvalue weighted by atomic mass is 9.85. The molecular weight excluding hydrogens is 404 g/mol. The largest absolute Gasteiger partial charge is 0.380 e. The summed E-state index contributed by atoms with van der Waals surface area (Å²) >= 11 is 0. The molecule has 0 rings (SSSR count). The third kappa shape index (κ3) is 10.6. The van der Waals surface area contributed by atoms with Gasteiger partial charge >= 0.3 is 0 Å². The molecule has 0 heterocycles. The first-order valence-electron chi connectivity index (χ1n) is 11.6. The molecular formula is C29H46N4. The third-order valence-corrected chi connectivity index (χ3v) is 5.48. The second kappa shape index (κ2) is 13.0. The average molecular weight is 451 g/mol. The van der Waals surface area contributed by atoms with Crippen molar-refractivity contribution in [1.29, 1.82) is 5.26 Å². The van der Waals surface area contributed by atoms with Crippen LogP contribution in [0.5, 0.6) is 0 Å². The van der Waals surface area contributed by atoms with Crippen LogP contribution in [0.15, 0.2) is 76.8 Å². The number of nitriles is 1. The smallest absolute Gasteiger partial charge is 0.0914 e. The topological polar surface area (TPSA) is 51.4 Å². The van der Waals surface area contributed by atoms with E-state index >= 15 is 0 Å². The van der Waals surface area contributed by atoms with Crippen LogP contribution in [0.3, 0.4) is 0 Å². The van der Waals surface area contributed by atoms with Crippen LogP contribution >= 0.6 is 0 Å². The molecule has 0 spiro atoms. The van der Waals surface area contributed by atoms with E-state index in [1.807, 2.05) is 38.9 Å². The van der Waals surface area contributed by atoms with Crippen LogP contribution < -0.4 is 5.32 Å². The van der Waals surface area contributed by atoms with Gasteiger partial charge in [-0.3, -0.25) is 4.99 Å². The van der Waals surface area contributed by atoms with Crippen LogP contribution in [0.25, 0.3) is 0 Å². The molecule has 0 aliphatic rings. The molecule has 0 saturated carbocycles. The van der Waals surface area contributed by atoms with E-state index in [2.05, 4.69) is 83.7 Å². The summed E-state index contributed by atoms with van der Waals surface area (Å²) in [4.78, 5) is 6.35. The molecule has 182 valence electrons. The predicted octanol–water partition coefficient (Wildman–Crippen LogP) is 7.33. The zero-order valence-electron chi connectivity index (χ0n) is 22.8. The van der Waals surface area contributed by atoms with Gasteiger partial charge in [0.2, 0.25) is 0 Å². The number of allylic oxidation sites excluding steroid dienone is 6. The van der Waals surface area contributed by atoms with Crippen molar-refractivity contribution in [1.82, 2.24) is 10.2 Å². The molecule has 0 aromatic rings. The fraction of sp³-hybridized carbons (Fsp3) is 0.517. The van der Waals surface area contributed by atoms with Gasteiger partial charge in [-0.2, -0.15) is 5.26 Å². The van der Waals surface area contributed by atoms with Crippen molar-refractivity contribution in [3.05, 3.63) is 71.8 Å². The molecule has 0 aliphatic carbocycles. The Morgan fingerprint density at radius 2 is 1.67 bits per heavy atom. The van der Waals surface area contributed by atoms with Crippen LogP contribution in [0.1, 0.15) is 68.2 Å². The fourth-order valence-corrected chi connectivity index (χ4v) is 3.41. The minimum atomic E-state index is -0.658. The van der Waals surface area contributed by atoms with Crippen LogP contribution in [0.4, 0.5) is 0 Å². The second-order valence-corrected chi connectivity index (χ2v) is 10.5. The van der Waals surface area contributed by atoms with E-state index in [1.165, 1.54) is 28.5 Å². The van der Waals surface area contributed by atoms with E-state index in [0.29, 0.717) is 18.0 Å². The van der Waals surface area contributed by atoms with Gasteiger partial charge < -0.3 is 10.2 Å². The Morgan fingerprint density at radius 1 is 1.09 bits per heavy atom. The molecule has 4 heteroatoms. The summed E-state index contributed by atoms with van der Waals surface area (Å²) in [7, 11) is 3.85. The Bertz CT molecular complexity index is 891. The highest BCUT2D eigenvalue weighted by molar-refractivity contribution is 6.08. The van der Waals surface area contributed by atoms with E-state index in [1.54, 1.807) is 0 Å². The van der Waals surface area contributed by atoms with Crippen molar-refractivity contribution in [2.75, 3.05) is 20.6 Å². The van der Waals surface area contributed by atoms with Crippen LogP contribution in [-0.4, -0.2) is 31.3 Å². The Balaban J connectivity index is 5.75. The quantitative estimate of drug-likeness (QED) is 0.250. The summed E-state index contributed by atoms with van der Waals surface area (Å²) in [6.07, 6.45) is 7.54.